The largest absolute Gasteiger partial charge is 0.481 e. The van der Waals surface area contributed by atoms with Gasteiger partial charge in [0, 0.05) is 17.4 Å². The highest BCUT2D eigenvalue weighted by molar-refractivity contribution is 5.77. The lowest BCUT2D eigenvalue weighted by Gasteiger charge is -2.69. The van der Waals surface area contributed by atoms with Gasteiger partial charge in [0.1, 0.15) is 6.10 Å². The second-order valence-electron chi connectivity index (χ2n) is 15.3. The van der Waals surface area contributed by atoms with Gasteiger partial charge in [-0.25, -0.2) is 0 Å². The first-order valence-corrected chi connectivity index (χ1v) is 14.5. The van der Waals surface area contributed by atoms with E-state index in [0.29, 0.717) is 25.7 Å². The Hall–Kier alpha value is -1.03. The van der Waals surface area contributed by atoms with Gasteiger partial charge in [0.05, 0.1) is 30.3 Å². The van der Waals surface area contributed by atoms with Crippen LogP contribution in [0.15, 0.2) is 12.2 Å². The van der Waals surface area contributed by atoms with Crippen LogP contribution in [-0.2, 0) is 4.79 Å². The molecule has 8 heteroatoms. The summed E-state index contributed by atoms with van der Waals surface area (Å²) in [5, 5.41) is 76.1. The maximum Gasteiger partial charge on any atom is 0.312 e. The van der Waals surface area contributed by atoms with Crippen LogP contribution in [0.2, 0.25) is 0 Å². The quantitative estimate of drug-likeness (QED) is 0.270. The fraction of sp³-hybridized carbons (Fsp3) is 0.900. The summed E-state index contributed by atoms with van der Waals surface area (Å²) in [6.07, 6.45) is 3.68. The SMILES string of the molecule is CC1(CO)CC(O)C2(C(=O)O)CCC34CC3(C=CC3C5(C)C(O)C(O)C(O)C(C)(CO)C5CCC34C)C2C1. The number of aliphatic carboxylic acids is 1. The Bertz CT molecular complexity index is 1080. The fourth-order valence-corrected chi connectivity index (χ4v) is 12.0. The van der Waals surface area contributed by atoms with Gasteiger partial charge in [-0.05, 0) is 84.4 Å². The van der Waals surface area contributed by atoms with Crippen LogP contribution in [0, 0.1) is 55.7 Å². The molecule has 14 unspecified atom stereocenters. The zero-order valence-corrected chi connectivity index (χ0v) is 23.1. The normalized spacial score (nSPS) is 62.5. The van der Waals surface area contributed by atoms with Crippen molar-refractivity contribution in [1.82, 2.24) is 0 Å². The number of hydrogen-bond acceptors (Lipinski definition) is 7. The Morgan fingerprint density at radius 3 is 2.18 bits per heavy atom. The van der Waals surface area contributed by atoms with E-state index in [2.05, 4.69) is 19.1 Å². The van der Waals surface area contributed by atoms with E-state index >= 15 is 0 Å². The summed E-state index contributed by atoms with van der Waals surface area (Å²) in [5.41, 5.74) is -4.47. The van der Waals surface area contributed by atoms with E-state index in [1.807, 2.05) is 20.8 Å². The minimum Gasteiger partial charge on any atom is -0.481 e. The summed E-state index contributed by atoms with van der Waals surface area (Å²) in [5.74, 6) is -1.61. The molecule has 38 heavy (non-hydrogen) atoms. The first-order chi connectivity index (χ1) is 17.6. The third-order valence-electron chi connectivity index (χ3n) is 14.2. The lowest BCUT2D eigenvalue weighted by Crippen LogP contribution is -2.72. The fourth-order valence-electron chi connectivity index (χ4n) is 12.0. The molecule has 0 saturated heterocycles. The van der Waals surface area contributed by atoms with Gasteiger partial charge in [-0.3, -0.25) is 4.79 Å². The van der Waals surface area contributed by atoms with Crippen LogP contribution >= 0.6 is 0 Å². The monoisotopic (exact) mass is 534 g/mol. The molecule has 8 nitrogen and oxygen atoms in total. The average Bonchev–Trinajstić information content (AvgIpc) is 3.59. The molecule has 6 rings (SSSR count). The number of hydrogen-bond donors (Lipinski definition) is 7. The zero-order chi connectivity index (χ0) is 27.9. The van der Waals surface area contributed by atoms with E-state index < -0.39 is 57.5 Å². The Labute approximate surface area is 224 Å². The molecule has 5 saturated carbocycles. The van der Waals surface area contributed by atoms with Crippen molar-refractivity contribution in [2.24, 2.45) is 55.7 Å². The summed E-state index contributed by atoms with van der Waals surface area (Å²) in [6.45, 7) is 7.63. The second-order valence-corrected chi connectivity index (χ2v) is 15.3. The highest BCUT2D eigenvalue weighted by atomic mass is 16.4. The van der Waals surface area contributed by atoms with Gasteiger partial charge < -0.3 is 35.7 Å². The molecule has 0 radical (unpaired) electrons. The minimum absolute atomic E-state index is 0.102. The third kappa shape index (κ3) is 2.63. The van der Waals surface area contributed by atoms with Crippen LogP contribution in [-0.4, -0.2) is 79.3 Å². The number of carboxylic acids is 1. The number of fused-ring (bicyclic) bond motifs is 4. The maximum atomic E-state index is 12.9. The summed E-state index contributed by atoms with van der Waals surface area (Å²) < 4.78 is 0. The number of carbonyl (C=O) groups is 1. The first kappa shape index (κ1) is 27.2. The van der Waals surface area contributed by atoms with Gasteiger partial charge in [-0.2, -0.15) is 0 Å². The molecule has 0 amide bonds. The molecular formula is C30H46O8. The maximum absolute atomic E-state index is 12.9. The Morgan fingerprint density at radius 2 is 1.58 bits per heavy atom. The van der Waals surface area contributed by atoms with Crippen LogP contribution < -0.4 is 0 Å². The van der Waals surface area contributed by atoms with Crippen molar-refractivity contribution in [2.75, 3.05) is 13.2 Å². The molecule has 0 aliphatic heterocycles. The van der Waals surface area contributed by atoms with Crippen LogP contribution in [0.4, 0.5) is 0 Å². The topological polar surface area (TPSA) is 159 Å². The summed E-state index contributed by atoms with van der Waals surface area (Å²) in [6, 6.07) is 0. The predicted molar refractivity (Wildman–Crippen MR) is 137 cm³/mol. The number of carboxylic acid groups (broad SMARTS) is 1. The van der Waals surface area contributed by atoms with Crippen molar-refractivity contribution in [2.45, 2.75) is 97.1 Å². The lowest BCUT2D eigenvalue weighted by atomic mass is 9.35. The number of aliphatic hydroxyl groups is 6. The van der Waals surface area contributed by atoms with Gasteiger partial charge in [-0.1, -0.05) is 39.8 Å². The molecule has 0 spiro atoms. The van der Waals surface area contributed by atoms with Crippen molar-refractivity contribution in [3.05, 3.63) is 12.2 Å². The van der Waals surface area contributed by atoms with E-state index in [0.717, 1.165) is 12.8 Å². The van der Waals surface area contributed by atoms with E-state index in [1.165, 1.54) is 0 Å². The third-order valence-corrected chi connectivity index (χ3v) is 14.2. The number of allylic oxidation sites excluding steroid dienone is 2. The molecule has 214 valence electrons. The molecular weight excluding hydrogens is 488 g/mol. The van der Waals surface area contributed by atoms with Gasteiger partial charge in [0.25, 0.3) is 0 Å². The van der Waals surface area contributed by atoms with Gasteiger partial charge in [-0.15, -0.1) is 0 Å². The van der Waals surface area contributed by atoms with Gasteiger partial charge >= 0.3 is 5.97 Å². The van der Waals surface area contributed by atoms with E-state index in [1.54, 1.807) is 0 Å². The molecule has 0 aromatic heterocycles. The molecule has 0 aromatic rings. The van der Waals surface area contributed by atoms with Crippen LogP contribution in [0.1, 0.15) is 72.6 Å². The highest BCUT2D eigenvalue weighted by Crippen LogP contribution is 2.90. The predicted octanol–water partition coefficient (Wildman–Crippen LogP) is 1.70. The molecule has 0 bridgehead atoms. The van der Waals surface area contributed by atoms with Crippen molar-refractivity contribution in [1.29, 1.82) is 0 Å². The van der Waals surface area contributed by atoms with Crippen LogP contribution in [0.5, 0.6) is 0 Å². The van der Waals surface area contributed by atoms with Gasteiger partial charge in [0.2, 0.25) is 0 Å². The molecule has 0 aromatic carbocycles. The molecule has 0 heterocycles. The molecule has 5 fully saturated rings. The standard InChI is InChI=1S/C30H46O8/c1-24(14-31)11-18-28-8-6-17-26(3,29(28,13-28)9-10-30(18,23(37)38)19(33)12-24)7-5-16-25(2,15-32)21(35)20(34)22(36)27(16,17)4/h6,8,16-22,31-36H,5,7,9-15H2,1-4H3,(H,37,38). The van der Waals surface area contributed by atoms with Crippen LogP contribution in [0.3, 0.4) is 0 Å². The Kier molecular flexibility index (Phi) is 5.45. The Balaban J connectivity index is 1.49. The van der Waals surface area contributed by atoms with Crippen molar-refractivity contribution >= 4 is 5.97 Å². The smallest absolute Gasteiger partial charge is 0.312 e. The molecule has 7 N–H and O–H groups in total. The molecule has 6 aliphatic carbocycles. The summed E-state index contributed by atoms with van der Waals surface area (Å²) in [7, 11) is 0. The average molecular weight is 535 g/mol. The zero-order valence-electron chi connectivity index (χ0n) is 23.1. The minimum atomic E-state index is -1.38. The van der Waals surface area contributed by atoms with Crippen molar-refractivity contribution in [3.8, 4) is 0 Å². The van der Waals surface area contributed by atoms with Crippen LogP contribution in [0.25, 0.3) is 0 Å². The molecule has 6 aliphatic rings. The van der Waals surface area contributed by atoms with E-state index in [4.69, 9.17) is 0 Å². The highest BCUT2D eigenvalue weighted by Gasteiger charge is 2.86. The van der Waals surface area contributed by atoms with Gasteiger partial charge in [0.15, 0.2) is 0 Å². The first-order valence-electron chi connectivity index (χ1n) is 14.5. The second kappa shape index (κ2) is 7.62. The van der Waals surface area contributed by atoms with E-state index in [-0.39, 0.29) is 48.2 Å². The number of rotatable bonds is 3. The Morgan fingerprint density at radius 1 is 0.895 bits per heavy atom. The van der Waals surface area contributed by atoms with E-state index in [9.17, 15) is 40.5 Å². The summed E-state index contributed by atoms with van der Waals surface area (Å²) in [4.78, 5) is 12.9. The number of aliphatic hydroxyl groups excluding tert-OH is 6. The lowest BCUT2D eigenvalue weighted by molar-refractivity contribution is -0.280. The van der Waals surface area contributed by atoms with Crippen molar-refractivity contribution < 1.29 is 40.5 Å². The molecule has 14 atom stereocenters. The summed E-state index contributed by atoms with van der Waals surface area (Å²) >= 11 is 0. The van der Waals surface area contributed by atoms with Crippen molar-refractivity contribution in [3.63, 3.8) is 0 Å².